The third-order valence-corrected chi connectivity index (χ3v) is 5.56. The minimum Gasteiger partial charge on any atom is -0.339 e. The molecule has 1 aliphatic rings. The van der Waals surface area contributed by atoms with Crippen LogP contribution in [0.5, 0.6) is 0 Å². The van der Waals surface area contributed by atoms with E-state index in [2.05, 4.69) is 27.4 Å². The lowest BCUT2D eigenvalue weighted by Crippen LogP contribution is -2.29. The first-order valence-electron chi connectivity index (χ1n) is 9.93. The summed E-state index contributed by atoms with van der Waals surface area (Å²) in [5, 5.41) is 8.21. The Bertz CT molecular complexity index is 1150. The summed E-state index contributed by atoms with van der Waals surface area (Å²) in [5.74, 6) is 1.25. The fourth-order valence-corrected chi connectivity index (χ4v) is 4.11. The van der Waals surface area contributed by atoms with E-state index in [1.54, 1.807) is 10.9 Å². The van der Waals surface area contributed by atoms with Crippen LogP contribution in [0, 0.1) is 6.92 Å². The van der Waals surface area contributed by atoms with Gasteiger partial charge in [0.05, 0.1) is 11.6 Å². The lowest BCUT2D eigenvalue weighted by atomic mass is 9.89. The molecule has 4 aromatic rings. The van der Waals surface area contributed by atoms with Crippen LogP contribution in [0.25, 0.3) is 5.69 Å². The molecule has 1 amide bonds. The summed E-state index contributed by atoms with van der Waals surface area (Å²) in [7, 11) is 0. The Balaban J connectivity index is 1.45. The van der Waals surface area contributed by atoms with Crippen LogP contribution in [0.2, 0.25) is 0 Å². The molecule has 1 saturated heterocycles. The second-order valence-corrected chi connectivity index (χ2v) is 7.51. The van der Waals surface area contributed by atoms with Gasteiger partial charge in [0.25, 0.3) is 5.91 Å². The summed E-state index contributed by atoms with van der Waals surface area (Å²) in [5.41, 5.74) is 2.66. The molecule has 2 aromatic carbocycles. The molecule has 0 N–H and O–H groups in total. The predicted octanol–water partition coefficient (Wildman–Crippen LogP) is 3.59. The van der Waals surface area contributed by atoms with Gasteiger partial charge in [-0.3, -0.25) is 4.79 Å². The van der Waals surface area contributed by atoms with Crippen molar-refractivity contribution in [3.63, 3.8) is 0 Å². The first-order valence-corrected chi connectivity index (χ1v) is 9.93. The summed E-state index contributed by atoms with van der Waals surface area (Å²) in [4.78, 5) is 19.7. The molecule has 0 radical (unpaired) electrons. The molecule has 0 spiro atoms. The lowest BCUT2D eigenvalue weighted by Gasteiger charge is -2.17. The summed E-state index contributed by atoms with van der Waals surface area (Å²) in [6, 6.07) is 19.6. The van der Waals surface area contributed by atoms with Crippen molar-refractivity contribution in [3.05, 3.63) is 95.9 Å². The van der Waals surface area contributed by atoms with E-state index < -0.39 is 0 Å². The molecular weight excluding hydrogens is 378 g/mol. The minimum absolute atomic E-state index is 0.0105. The summed E-state index contributed by atoms with van der Waals surface area (Å²) >= 11 is 0. The van der Waals surface area contributed by atoms with Gasteiger partial charge in [-0.25, -0.2) is 4.68 Å². The van der Waals surface area contributed by atoms with E-state index >= 15 is 0 Å². The zero-order valence-corrected chi connectivity index (χ0v) is 16.5. The number of amides is 1. The molecule has 30 heavy (non-hydrogen) atoms. The van der Waals surface area contributed by atoms with Gasteiger partial charge in [-0.2, -0.15) is 10.1 Å². The van der Waals surface area contributed by atoms with Crippen molar-refractivity contribution in [3.8, 4) is 5.69 Å². The molecular formula is C23H21N5O2. The number of aromatic nitrogens is 4. The molecule has 0 saturated carbocycles. The van der Waals surface area contributed by atoms with Gasteiger partial charge in [-0.1, -0.05) is 41.6 Å². The van der Waals surface area contributed by atoms with Gasteiger partial charge >= 0.3 is 0 Å². The highest BCUT2D eigenvalue weighted by molar-refractivity contribution is 5.95. The van der Waals surface area contributed by atoms with Crippen molar-refractivity contribution in [1.82, 2.24) is 24.8 Å². The van der Waals surface area contributed by atoms with Crippen LogP contribution < -0.4 is 0 Å². The molecule has 3 heterocycles. The van der Waals surface area contributed by atoms with E-state index in [-0.39, 0.29) is 17.7 Å². The van der Waals surface area contributed by atoms with Crippen LogP contribution in [0.3, 0.4) is 0 Å². The van der Waals surface area contributed by atoms with E-state index in [1.165, 1.54) is 5.56 Å². The minimum atomic E-state index is -0.0353. The van der Waals surface area contributed by atoms with Gasteiger partial charge in [0.1, 0.15) is 0 Å². The number of carbonyl (C=O) groups excluding carboxylic acids is 1. The molecule has 0 unspecified atom stereocenters. The van der Waals surface area contributed by atoms with Crippen LogP contribution in [0.1, 0.15) is 39.5 Å². The maximum Gasteiger partial charge on any atom is 0.253 e. The van der Waals surface area contributed by atoms with Gasteiger partial charge in [0, 0.05) is 37.0 Å². The smallest absolute Gasteiger partial charge is 0.253 e. The van der Waals surface area contributed by atoms with Crippen LogP contribution >= 0.6 is 0 Å². The third kappa shape index (κ3) is 3.39. The van der Waals surface area contributed by atoms with Gasteiger partial charge in [-0.05, 0) is 36.8 Å². The third-order valence-electron chi connectivity index (χ3n) is 5.56. The fourth-order valence-electron chi connectivity index (χ4n) is 4.11. The summed E-state index contributed by atoms with van der Waals surface area (Å²) in [6.07, 6.45) is 3.58. The van der Waals surface area contributed by atoms with E-state index in [0.717, 1.165) is 5.69 Å². The lowest BCUT2D eigenvalue weighted by molar-refractivity contribution is 0.0788. The molecule has 0 aliphatic carbocycles. The van der Waals surface area contributed by atoms with Crippen molar-refractivity contribution in [2.24, 2.45) is 0 Å². The maximum atomic E-state index is 13.4. The molecule has 0 bridgehead atoms. The fraction of sp³-hybridized carbons (Fsp3) is 0.217. The number of likely N-dealkylation sites (tertiary alicyclic amines) is 1. The van der Waals surface area contributed by atoms with Gasteiger partial charge in [0.15, 0.2) is 5.82 Å². The summed E-state index contributed by atoms with van der Waals surface area (Å²) in [6.45, 7) is 2.94. The zero-order chi connectivity index (χ0) is 20.5. The van der Waals surface area contributed by atoms with Gasteiger partial charge in [-0.15, -0.1) is 0 Å². The predicted molar refractivity (Wildman–Crippen MR) is 110 cm³/mol. The number of hydrogen-bond acceptors (Lipinski definition) is 5. The Morgan fingerprint density at radius 2 is 1.87 bits per heavy atom. The highest BCUT2D eigenvalue weighted by Gasteiger charge is 2.40. The zero-order valence-electron chi connectivity index (χ0n) is 16.5. The monoisotopic (exact) mass is 399 g/mol. The quantitative estimate of drug-likeness (QED) is 0.524. The molecule has 2 atom stereocenters. The van der Waals surface area contributed by atoms with Gasteiger partial charge < -0.3 is 9.42 Å². The van der Waals surface area contributed by atoms with Crippen molar-refractivity contribution >= 4 is 5.91 Å². The molecule has 7 nitrogen and oxygen atoms in total. The van der Waals surface area contributed by atoms with Crippen LogP contribution in [-0.4, -0.2) is 43.8 Å². The van der Waals surface area contributed by atoms with E-state index in [9.17, 15) is 4.79 Å². The van der Waals surface area contributed by atoms with E-state index in [0.29, 0.717) is 30.4 Å². The summed E-state index contributed by atoms with van der Waals surface area (Å²) < 4.78 is 7.24. The van der Waals surface area contributed by atoms with Crippen LogP contribution in [0.4, 0.5) is 0 Å². The highest BCUT2D eigenvalue weighted by atomic mass is 16.5. The van der Waals surface area contributed by atoms with E-state index in [4.69, 9.17) is 4.52 Å². The Morgan fingerprint density at radius 1 is 1.03 bits per heavy atom. The highest BCUT2D eigenvalue weighted by Crippen LogP contribution is 2.39. The number of hydrogen-bond donors (Lipinski definition) is 0. The van der Waals surface area contributed by atoms with Gasteiger partial charge in [0.2, 0.25) is 5.89 Å². The largest absolute Gasteiger partial charge is 0.339 e. The van der Waals surface area contributed by atoms with Crippen LogP contribution in [0.15, 0.2) is 77.6 Å². The van der Waals surface area contributed by atoms with Crippen LogP contribution in [-0.2, 0) is 0 Å². The maximum absolute atomic E-state index is 13.4. The van der Waals surface area contributed by atoms with Crippen molar-refractivity contribution in [2.75, 3.05) is 13.1 Å². The SMILES string of the molecule is Cc1noc([C@H]2CN(C(=O)c3cccc(-n4cccn4)c3)C[C@@H]2c2ccccc2)n1. The second-order valence-electron chi connectivity index (χ2n) is 7.51. The molecule has 7 heteroatoms. The van der Waals surface area contributed by atoms with Crippen molar-refractivity contribution < 1.29 is 9.32 Å². The Labute approximate surface area is 174 Å². The number of rotatable bonds is 4. The molecule has 1 fully saturated rings. The second kappa shape index (κ2) is 7.59. The Kier molecular flexibility index (Phi) is 4.63. The molecule has 1 aliphatic heterocycles. The average molecular weight is 399 g/mol. The van der Waals surface area contributed by atoms with Crippen molar-refractivity contribution in [2.45, 2.75) is 18.8 Å². The van der Waals surface area contributed by atoms with Crippen molar-refractivity contribution in [1.29, 1.82) is 0 Å². The molecule has 150 valence electrons. The molecule has 5 rings (SSSR count). The first kappa shape index (κ1) is 18.3. The Hall–Kier alpha value is -3.74. The first-order chi connectivity index (χ1) is 14.7. The number of nitrogens with zero attached hydrogens (tertiary/aromatic N) is 5. The normalized spacial score (nSPS) is 18.6. The number of carbonyl (C=O) groups is 1. The Morgan fingerprint density at radius 3 is 2.60 bits per heavy atom. The average Bonchev–Trinajstić information content (AvgIpc) is 3.54. The van der Waals surface area contributed by atoms with E-state index in [1.807, 2.05) is 66.6 Å². The standard InChI is InChI=1S/C23H21N5O2/c1-16-25-22(30-26-16)21-15-27(14-20(21)17-7-3-2-4-8-17)23(29)18-9-5-10-19(13-18)28-12-6-11-24-28/h2-13,20-21H,14-15H2,1H3/t20-,21+/m1/s1. The number of aryl methyl sites for hydroxylation is 1. The topological polar surface area (TPSA) is 77.0 Å². The molecule has 2 aromatic heterocycles. The number of benzene rings is 2.